The van der Waals surface area contributed by atoms with Gasteiger partial charge in [-0.2, -0.15) is 10.1 Å². The van der Waals surface area contributed by atoms with Crippen molar-refractivity contribution in [2.75, 3.05) is 0 Å². The largest absolute Gasteiger partial charge is 0.299 e. The molecule has 2 aromatic heterocycles. The van der Waals surface area contributed by atoms with Crippen LogP contribution in [0.4, 0.5) is 0 Å². The molecule has 2 heterocycles. The summed E-state index contributed by atoms with van der Waals surface area (Å²) >= 11 is 5.64. The average Bonchev–Trinajstić information content (AvgIpc) is 3.31. The van der Waals surface area contributed by atoms with E-state index in [1.807, 2.05) is 28.9 Å². The van der Waals surface area contributed by atoms with Gasteiger partial charge < -0.3 is 0 Å². The van der Waals surface area contributed by atoms with Gasteiger partial charge in [0.25, 0.3) is 0 Å². The third-order valence-electron chi connectivity index (χ3n) is 4.69. The number of rotatable bonds is 4. The molecule has 0 unspecified atom stereocenters. The number of aromatic nitrogens is 6. The number of aromatic amines is 1. The molecule has 0 aliphatic carbocycles. The van der Waals surface area contributed by atoms with E-state index < -0.39 is 0 Å². The monoisotopic (exact) mass is 387 g/mol. The molecule has 0 bridgehead atoms. The number of aryl methyl sites for hydroxylation is 1. The molecule has 0 aliphatic rings. The minimum atomic E-state index is 0.465. The van der Waals surface area contributed by atoms with Crippen molar-refractivity contribution in [2.24, 2.45) is 0 Å². The van der Waals surface area contributed by atoms with Gasteiger partial charge in [0.15, 0.2) is 0 Å². The highest BCUT2D eigenvalue weighted by atomic mass is 32.1. The van der Waals surface area contributed by atoms with E-state index in [4.69, 9.17) is 17.5 Å². The smallest absolute Gasteiger partial charge is 0.209 e. The second kappa shape index (κ2) is 7.21. The number of H-pyrrole nitrogens is 1. The molecule has 4 aromatic rings. The normalized spacial score (nSPS) is 10.8. The maximum Gasteiger partial charge on any atom is 0.209 e. The summed E-state index contributed by atoms with van der Waals surface area (Å²) in [5, 5.41) is 24.8. The number of tetrazole rings is 1. The molecular weight excluding hydrogens is 370 g/mol. The van der Waals surface area contributed by atoms with Crippen LogP contribution in [0.2, 0.25) is 0 Å². The molecule has 2 aromatic carbocycles. The highest BCUT2D eigenvalue weighted by Crippen LogP contribution is 2.22. The average molecular weight is 387 g/mol. The van der Waals surface area contributed by atoms with Gasteiger partial charge in [-0.05, 0) is 54.0 Å². The molecule has 0 aliphatic heterocycles. The first kappa shape index (κ1) is 17.8. The zero-order chi connectivity index (χ0) is 19.7. The number of nitrogens with zero attached hydrogens (tertiary/aromatic N) is 6. The summed E-state index contributed by atoms with van der Waals surface area (Å²) in [7, 11) is 0. The first-order valence-corrected chi connectivity index (χ1v) is 9.12. The van der Waals surface area contributed by atoms with E-state index in [1.54, 1.807) is 18.3 Å². The Morgan fingerprint density at radius 3 is 2.68 bits per heavy atom. The van der Waals surface area contributed by atoms with Crippen molar-refractivity contribution in [3.05, 3.63) is 75.6 Å². The fourth-order valence-corrected chi connectivity index (χ4v) is 3.25. The Balaban J connectivity index is 1.62. The summed E-state index contributed by atoms with van der Waals surface area (Å²) in [5.41, 5.74) is 5.69. The van der Waals surface area contributed by atoms with Crippen LogP contribution in [0.1, 0.15) is 22.3 Å². The predicted molar refractivity (Wildman–Crippen MR) is 107 cm³/mol. The Labute approximate surface area is 166 Å². The summed E-state index contributed by atoms with van der Waals surface area (Å²) in [6.45, 7) is 4.61. The molecule has 7 nitrogen and oxygen atoms in total. The van der Waals surface area contributed by atoms with Crippen LogP contribution < -0.4 is 0 Å². The van der Waals surface area contributed by atoms with Crippen LogP contribution in [-0.4, -0.2) is 30.0 Å². The van der Waals surface area contributed by atoms with Crippen LogP contribution in [0.5, 0.6) is 0 Å². The molecule has 0 fully saturated rings. The number of hydrogen-bond acceptors (Lipinski definition) is 5. The van der Waals surface area contributed by atoms with E-state index in [-0.39, 0.29) is 0 Å². The Hall–Kier alpha value is -3.57. The molecule has 8 heteroatoms. The second-order valence-electron chi connectivity index (χ2n) is 6.50. The minimum absolute atomic E-state index is 0.465. The Kier molecular flexibility index (Phi) is 4.59. The molecular formula is C20H17N7S. The maximum absolute atomic E-state index is 8.89. The molecule has 0 spiro atoms. The van der Waals surface area contributed by atoms with E-state index in [1.165, 1.54) is 10.4 Å². The van der Waals surface area contributed by atoms with Gasteiger partial charge in [0.2, 0.25) is 5.82 Å². The summed E-state index contributed by atoms with van der Waals surface area (Å²) in [6.07, 6.45) is 1.80. The molecule has 0 radical (unpaired) electrons. The van der Waals surface area contributed by atoms with Crippen LogP contribution in [0, 0.1) is 29.8 Å². The van der Waals surface area contributed by atoms with E-state index in [2.05, 4.69) is 46.5 Å². The van der Waals surface area contributed by atoms with Gasteiger partial charge in [-0.25, -0.2) is 4.68 Å². The third kappa shape index (κ3) is 3.23. The van der Waals surface area contributed by atoms with Crippen LogP contribution in [0.3, 0.4) is 0 Å². The van der Waals surface area contributed by atoms with Crippen molar-refractivity contribution in [2.45, 2.75) is 20.4 Å². The molecule has 1 N–H and O–H groups in total. The van der Waals surface area contributed by atoms with Gasteiger partial charge in [-0.3, -0.25) is 5.10 Å². The molecule has 0 atom stereocenters. The fraction of sp³-hybridized carbons (Fsp3) is 0.150. The Bertz CT molecular complexity index is 1240. The minimum Gasteiger partial charge on any atom is -0.299 e. The molecule has 0 saturated carbocycles. The van der Waals surface area contributed by atoms with Gasteiger partial charge in [0, 0.05) is 6.20 Å². The second-order valence-corrected chi connectivity index (χ2v) is 6.89. The van der Waals surface area contributed by atoms with Gasteiger partial charge in [-0.1, -0.05) is 36.5 Å². The molecule has 4 rings (SSSR count). The first-order chi connectivity index (χ1) is 13.6. The first-order valence-electron chi connectivity index (χ1n) is 8.71. The van der Waals surface area contributed by atoms with E-state index in [0.717, 1.165) is 22.4 Å². The molecule has 0 amide bonds. The lowest BCUT2D eigenvalue weighted by Gasteiger charge is -2.09. The van der Waals surface area contributed by atoms with Gasteiger partial charge in [0.1, 0.15) is 4.64 Å². The highest BCUT2D eigenvalue weighted by molar-refractivity contribution is 7.71. The van der Waals surface area contributed by atoms with Crippen molar-refractivity contribution >= 4 is 12.2 Å². The van der Waals surface area contributed by atoms with Crippen molar-refractivity contribution in [1.29, 1.82) is 5.26 Å². The van der Waals surface area contributed by atoms with Crippen LogP contribution in [0.15, 0.2) is 48.7 Å². The van der Waals surface area contributed by atoms with Crippen molar-refractivity contribution < 1.29 is 0 Å². The van der Waals surface area contributed by atoms with Crippen molar-refractivity contribution in [3.8, 4) is 23.1 Å². The third-order valence-corrected chi connectivity index (χ3v) is 5.09. The zero-order valence-corrected chi connectivity index (χ0v) is 16.2. The van der Waals surface area contributed by atoms with Crippen molar-refractivity contribution in [3.63, 3.8) is 0 Å². The lowest BCUT2D eigenvalue weighted by molar-refractivity contribution is 0.573. The summed E-state index contributed by atoms with van der Waals surface area (Å²) in [5.74, 6) is 0.471. The van der Waals surface area contributed by atoms with E-state index in [9.17, 15) is 0 Å². The topological polar surface area (TPSA) is 88.1 Å². The highest BCUT2D eigenvalue weighted by Gasteiger charge is 2.14. The zero-order valence-electron chi connectivity index (χ0n) is 15.4. The van der Waals surface area contributed by atoms with Crippen molar-refractivity contribution in [1.82, 2.24) is 30.0 Å². The van der Waals surface area contributed by atoms with Crippen LogP contribution >= 0.6 is 12.2 Å². The number of benzene rings is 2. The fourth-order valence-electron chi connectivity index (χ4n) is 2.95. The molecule has 0 saturated heterocycles. The standard InChI is InChI=1S/C20H17N7S/c1-13-4-3-5-18(14(13)2)27-20(28)17(11-22-27)19-23-25-26(24-19)12-16-8-6-15(10-21)7-9-16/h3-9,11,22H,12H2,1-2H3. The van der Waals surface area contributed by atoms with Gasteiger partial charge in [-0.15, -0.1) is 10.2 Å². The summed E-state index contributed by atoms with van der Waals surface area (Å²) < 4.78 is 2.46. The molecule has 138 valence electrons. The number of nitriles is 1. The van der Waals surface area contributed by atoms with Gasteiger partial charge >= 0.3 is 0 Å². The van der Waals surface area contributed by atoms with Gasteiger partial charge in [0.05, 0.1) is 29.4 Å². The lowest BCUT2D eigenvalue weighted by atomic mass is 10.1. The van der Waals surface area contributed by atoms with Crippen LogP contribution in [0.25, 0.3) is 17.1 Å². The Morgan fingerprint density at radius 2 is 1.93 bits per heavy atom. The van der Waals surface area contributed by atoms with E-state index in [0.29, 0.717) is 22.6 Å². The number of nitrogens with one attached hydrogen (secondary N) is 1. The SMILES string of the molecule is Cc1cccc(-n2[nH]cc(-c3nnn(Cc4ccc(C#N)cc4)n3)c2=S)c1C. The predicted octanol–water partition coefficient (Wildman–Crippen LogP) is 3.73. The summed E-state index contributed by atoms with van der Waals surface area (Å²) in [6, 6.07) is 15.5. The maximum atomic E-state index is 8.89. The number of hydrogen-bond donors (Lipinski definition) is 1. The quantitative estimate of drug-likeness (QED) is 0.539. The van der Waals surface area contributed by atoms with Crippen LogP contribution in [-0.2, 0) is 6.54 Å². The van der Waals surface area contributed by atoms with E-state index >= 15 is 0 Å². The summed E-state index contributed by atoms with van der Waals surface area (Å²) in [4.78, 5) is 1.51. The molecule has 28 heavy (non-hydrogen) atoms. The lowest BCUT2D eigenvalue weighted by Crippen LogP contribution is -2.04. The Morgan fingerprint density at radius 1 is 1.14 bits per heavy atom.